The van der Waals surface area contributed by atoms with Crippen molar-refractivity contribution in [3.8, 4) is 11.1 Å². The quantitative estimate of drug-likeness (QED) is 0.190. The summed E-state index contributed by atoms with van der Waals surface area (Å²) in [5.41, 5.74) is 2.49. The fourth-order valence-corrected chi connectivity index (χ4v) is 7.70. The number of sulfone groups is 1. The van der Waals surface area contributed by atoms with Crippen LogP contribution in [0.1, 0.15) is 66.6 Å². The van der Waals surface area contributed by atoms with Gasteiger partial charge in [-0.15, -0.1) is 11.3 Å². The second kappa shape index (κ2) is 13.4. The molecular weight excluding hydrogens is 578 g/mol. The van der Waals surface area contributed by atoms with Crippen LogP contribution < -0.4 is 10.6 Å². The van der Waals surface area contributed by atoms with Gasteiger partial charge in [-0.25, -0.2) is 13.4 Å². The van der Waals surface area contributed by atoms with Crippen LogP contribution in [0, 0.1) is 5.41 Å². The Bertz CT molecular complexity index is 1540. The highest BCUT2D eigenvalue weighted by Crippen LogP contribution is 2.35. The molecule has 1 aliphatic carbocycles. The number of nitrogens with zero attached hydrogens (tertiary/aromatic N) is 1. The van der Waals surface area contributed by atoms with Gasteiger partial charge in [-0.1, -0.05) is 44.2 Å². The van der Waals surface area contributed by atoms with Gasteiger partial charge in [0.1, 0.15) is 5.01 Å². The maximum atomic E-state index is 13.2. The Morgan fingerprint density at radius 1 is 1.05 bits per heavy atom. The zero-order valence-corrected chi connectivity index (χ0v) is 25.4. The Labute approximate surface area is 249 Å². The first-order valence-electron chi connectivity index (χ1n) is 14.0. The first-order valence-corrected chi connectivity index (χ1v) is 16.5. The van der Waals surface area contributed by atoms with Gasteiger partial charge in [0.25, 0.3) is 0 Å². The van der Waals surface area contributed by atoms with Crippen molar-refractivity contribution in [3.05, 3.63) is 53.0 Å². The van der Waals surface area contributed by atoms with Crippen molar-refractivity contribution in [2.75, 3.05) is 25.5 Å². The molecule has 42 heavy (non-hydrogen) atoms. The average molecular weight is 616 g/mol. The molecule has 1 fully saturated rings. The fourth-order valence-electron chi connectivity index (χ4n) is 4.59. The molecule has 1 aromatic heterocycles. The fraction of sp³-hybridized carbons (Fsp3) is 0.467. The van der Waals surface area contributed by atoms with E-state index in [1.165, 1.54) is 0 Å². The number of aliphatic hydroxyl groups is 2. The van der Waals surface area contributed by atoms with Crippen LogP contribution in [0.2, 0.25) is 0 Å². The van der Waals surface area contributed by atoms with E-state index in [2.05, 4.69) is 15.6 Å². The van der Waals surface area contributed by atoms with E-state index < -0.39 is 26.7 Å². The van der Waals surface area contributed by atoms with E-state index in [-0.39, 0.29) is 54.3 Å². The van der Waals surface area contributed by atoms with E-state index in [4.69, 9.17) is 0 Å². The Morgan fingerprint density at radius 2 is 1.74 bits per heavy atom. The summed E-state index contributed by atoms with van der Waals surface area (Å²) in [5.74, 6) is -1.62. The number of hydrogen-bond acceptors (Lipinski definition) is 9. The van der Waals surface area contributed by atoms with Gasteiger partial charge in [0.05, 0.1) is 22.5 Å². The number of thiazole rings is 1. The monoisotopic (exact) mass is 615 g/mol. The number of carbonyl (C=O) groups is 3. The number of rotatable bonds is 15. The maximum Gasteiger partial charge on any atom is 0.245 e. The second-order valence-corrected chi connectivity index (χ2v) is 14.7. The van der Waals surface area contributed by atoms with Gasteiger partial charge in [0, 0.05) is 31.2 Å². The van der Waals surface area contributed by atoms with Crippen LogP contribution >= 0.6 is 11.3 Å². The Hall–Kier alpha value is -3.19. The standard InChI is InChI=1S/C30H37N3O7S2/c1-30(2,12-14-35)17-24(36)20-6-4-19(5-7-20)21-8-11-23-25(16-21)41-29(33-23)27(42(39,40)15-3-13-34)28(38)31-18-26(37)32-22-9-10-22/h4-8,11,16,22,27,34-35H,3,9-10,12-15,17-18H2,1-2H3,(H,31,38)(H,32,37). The van der Waals surface area contributed by atoms with Crippen molar-refractivity contribution in [1.29, 1.82) is 0 Å². The van der Waals surface area contributed by atoms with Crippen LogP contribution in [-0.4, -0.2) is 72.8 Å². The van der Waals surface area contributed by atoms with Gasteiger partial charge in [-0.05, 0) is 54.4 Å². The predicted molar refractivity (Wildman–Crippen MR) is 162 cm³/mol. The topological polar surface area (TPSA) is 163 Å². The molecule has 2 aromatic carbocycles. The molecule has 0 spiro atoms. The van der Waals surface area contributed by atoms with Crippen molar-refractivity contribution in [2.45, 2.75) is 57.2 Å². The van der Waals surface area contributed by atoms with E-state index in [1.54, 1.807) is 18.2 Å². The highest BCUT2D eigenvalue weighted by Gasteiger charge is 2.37. The third-order valence-corrected chi connectivity index (χ3v) is 10.4. The largest absolute Gasteiger partial charge is 0.396 e. The van der Waals surface area contributed by atoms with Crippen molar-refractivity contribution < 1.29 is 33.0 Å². The number of aromatic nitrogens is 1. The molecule has 1 unspecified atom stereocenters. The summed E-state index contributed by atoms with van der Waals surface area (Å²) in [6.45, 7) is 3.25. The molecule has 4 rings (SSSR count). The molecule has 0 saturated heterocycles. The van der Waals surface area contributed by atoms with E-state index in [0.29, 0.717) is 28.6 Å². The lowest BCUT2D eigenvalue weighted by atomic mass is 9.83. The molecular formula is C30H37N3O7S2. The number of Topliss-reactive ketones (excluding diaryl/α,β-unsaturated/α-hetero) is 1. The van der Waals surface area contributed by atoms with E-state index in [1.807, 2.05) is 38.1 Å². The molecule has 1 heterocycles. The number of carbonyl (C=O) groups excluding carboxylic acids is 3. The Kier molecular flexibility index (Phi) is 10.1. The number of hydrogen-bond donors (Lipinski definition) is 4. The zero-order chi connectivity index (χ0) is 30.5. The lowest BCUT2D eigenvalue weighted by Crippen LogP contribution is -2.41. The molecule has 3 aromatic rings. The first-order chi connectivity index (χ1) is 19.9. The molecule has 1 aliphatic rings. The Balaban J connectivity index is 1.55. The molecule has 4 N–H and O–H groups in total. The van der Waals surface area contributed by atoms with E-state index in [9.17, 15) is 33.0 Å². The van der Waals surface area contributed by atoms with Gasteiger partial charge < -0.3 is 20.8 Å². The van der Waals surface area contributed by atoms with Crippen LogP contribution in [0.25, 0.3) is 21.3 Å². The number of nitrogens with one attached hydrogen (secondary N) is 2. The lowest BCUT2D eigenvalue weighted by molar-refractivity contribution is -0.126. The minimum atomic E-state index is -4.04. The highest BCUT2D eigenvalue weighted by molar-refractivity contribution is 7.92. The summed E-state index contributed by atoms with van der Waals surface area (Å²) in [4.78, 5) is 42.4. The number of fused-ring (bicyclic) bond motifs is 1. The third-order valence-electron chi connectivity index (χ3n) is 7.15. The number of amides is 2. The summed E-state index contributed by atoms with van der Waals surface area (Å²) in [5, 5.41) is 22.1. The van der Waals surface area contributed by atoms with Gasteiger partial charge in [0.2, 0.25) is 11.8 Å². The second-order valence-electron chi connectivity index (χ2n) is 11.4. The molecule has 1 atom stereocenters. The molecule has 12 heteroatoms. The molecule has 10 nitrogen and oxygen atoms in total. The number of aliphatic hydroxyl groups excluding tert-OH is 2. The van der Waals surface area contributed by atoms with Crippen LogP contribution in [0.4, 0.5) is 0 Å². The molecule has 0 bridgehead atoms. The Morgan fingerprint density at radius 3 is 2.38 bits per heavy atom. The van der Waals surface area contributed by atoms with Gasteiger partial charge >= 0.3 is 0 Å². The molecule has 1 saturated carbocycles. The van der Waals surface area contributed by atoms with Crippen LogP contribution in [-0.2, 0) is 19.4 Å². The minimum Gasteiger partial charge on any atom is -0.396 e. The van der Waals surface area contributed by atoms with Crippen molar-refractivity contribution >= 4 is 49.0 Å². The summed E-state index contributed by atoms with van der Waals surface area (Å²) in [6, 6.07) is 12.8. The summed E-state index contributed by atoms with van der Waals surface area (Å²) in [7, 11) is -4.04. The number of ketones is 1. The van der Waals surface area contributed by atoms with Crippen LogP contribution in [0.3, 0.4) is 0 Å². The van der Waals surface area contributed by atoms with Gasteiger partial charge in [0.15, 0.2) is 20.9 Å². The van der Waals surface area contributed by atoms with Gasteiger partial charge in [-0.3, -0.25) is 14.4 Å². The smallest absolute Gasteiger partial charge is 0.245 e. The minimum absolute atomic E-state index is 0.000651. The maximum absolute atomic E-state index is 13.2. The molecule has 226 valence electrons. The zero-order valence-electron chi connectivity index (χ0n) is 23.8. The lowest BCUT2D eigenvalue weighted by Gasteiger charge is -2.22. The van der Waals surface area contributed by atoms with Gasteiger partial charge in [-0.2, -0.15) is 0 Å². The molecule has 0 radical (unpaired) electrons. The SMILES string of the molecule is CC(C)(CCO)CC(=O)c1ccc(-c2ccc3nc(C(C(=O)NCC(=O)NC4CC4)S(=O)(=O)CCCO)sc3c2)cc1. The summed E-state index contributed by atoms with van der Waals surface area (Å²) in [6.07, 6.45) is 2.61. The van der Waals surface area contributed by atoms with Crippen molar-refractivity contribution in [2.24, 2.45) is 5.41 Å². The van der Waals surface area contributed by atoms with Crippen LogP contribution in [0.5, 0.6) is 0 Å². The van der Waals surface area contributed by atoms with Crippen molar-refractivity contribution in [3.63, 3.8) is 0 Å². The highest BCUT2D eigenvalue weighted by atomic mass is 32.2. The van der Waals surface area contributed by atoms with Crippen molar-refractivity contribution in [1.82, 2.24) is 15.6 Å². The first kappa shape index (κ1) is 31.7. The molecule has 2 amide bonds. The predicted octanol–water partition coefficient (Wildman–Crippen LogP) is 3.18. The average Bonchev–Trinajstić information content (AvgIpc) is 3.65. The summed E-state index contributed by atoms with van der Waals surface area (Å²) >= 11 is 1.09. The molecule has 0 aliphatic heterocycles. The van der Waals surface area contributed by atoms with E-state index in [0.717, 1.165) is 35.3 Å². The number of benzene rings is 2. The van der Waals surface area contributed by atoms with Crippen LogP contribution in [0.15, 0.2) is 42.5 Å². The van der Waals surface area contributed by atoms with E-state index >= 15 is 0 Å². The summed E-state index contributed by atoms with van der Waals surface area (Å²) < 4.78 is 27.1. The third kappa shape index (κ3) is 8.21. The normalized spacial score (nSPS) is 14.5.